The zero-order valence-corrected chi connectivity index (χ0v) is 11.7. The molecule has 0 unspecified atom stereocenters. The quantitative estimate of drug-likeness (QED) is 0.620. The van der Waals surface area contributed by atoms with E-state index in [0.717, 1.165) is 5.56 Å². The van der Waals surface area contributed by atoms with Crippen LogP contribution in [0.4, 0.5) is 0 Å². The van der Waals surface area contributed by atoms with Crippen molar-refractivity contribution in [1.82, 2.24) is 4.90 Å². The van der Waals surface area contributed by atoms with E-state index in [1.54, 1.807) is 18.2 Å². The maximum absolute atomic E-state index is 12.0. The van der Waals surface area contributed by atoms with Gasteiger partial charge in [-0.05, 0) is 24.1 Å². The first-order valence-corrected chi connectivity index (χ1v) is 6.82. The molecule has 1 aromatic rings. The van der Waals surface area contributed by atoms with Gasteiger partial charge in [-0.15, -0.1) is 0 Å². The van der Waals surface area contributed by atoms with Gasteiger partial charge in [0.15, 0.2) is 0 Å². The second-order valence-electron chi connectivity index (χ2n) is 3.84. The molecule has 1 saturated heterocycles. The number of carbonyl (C=O) groups is 2. The molecule has 0 aromatic heterocycles. The van der Waals surface area contributed by atoms with E-state index in [4.69, 9.17) is 12.2 Å². The summed E-state index contributed by atoms with van der Waals surface area (Å²) in [6.07, 6.45) is 1.70. The van der Waals surface area contributed by atoms with E-state index in [2.05, 4.69) is 0 Å². The molecule has 0 spiro atoms. The highest BCUT2D eigenvalue weighted by Crippen LogP contribution is 2.32. The summed E-state index contributed by atoms with van der Waals surface area (Å²) in [7, 11) is 0. The first-order chi connectivity index (χ1) is 9.02. The molecule has 1 aliphatic rings. The van der Waals surface area contributed by atoms with Gasteiger partial charge >= 0.3 is 0 Å². The summed E-state index contributed by atoms with van der Waals surface area (Å²) in [4.78, 5) is 24.7. The van der Waals surface area contributed by atoms with Gasteiger partial charge in [0.25, 0.3) is 5.91 Å². The van der Waals surface area contributed by atoms with E-state index in [1.807, 2.05) is 6.92 Å². The molecule has 6 heteroatoms. The lowest BCUT2D eigenvalue weighted by Gasteiger charge is -2.09. The molecule has 4 nitrogen and oxygen atoms in total. The Morgan fingerprint density at radius 3 is 2.53 bits per heavy atom. The third-order valence-electron chi connectivity index (χ3n) is 2.63. The van der Waals surface area contributed by atoms with Crippen LogP contribution < -0.4 is 5.11 Å². The average Bonchev–Trinajstić information content (AvgIpc) is 2.64. The molecule has 1 amide bonds. The second-order valence-corrected chi connectivity index (χ2v) is 5.51. The minimum absolute atomic E-state index is 0.109. The molecule has 1 heterocycles. The maximum atomic E-state index is 12.0. The molecule has 0 N–H and O–H groups in total. The van der Waals surface area contributed by atoms with Crippen LogP contribution in [-0.2, 0) is 4.79 Å². The van der Waals surface area contributed by atoms with E-state index in [1.165, 1.54) is 28.8 Å². The van der Waals surface area contributed by atoms with Crippen LogP contribution in [0.1, 0.15) is 22.8 Å². The van der Waals surface area contributed by atoms with Crippen molar-refractivity contribution in [1.29, 1.82) is 0 Å². The summed E-state index contributed by atoms with van der Waals surface area (Å²) in [6, 6.07) is 6.15. The molecule has 1 fully saturated rings. The number of thiocarbonyl (C=S) groups is 1. The van der Waals surface area contributed by atoms with Gasteiger partial charge < -0.3 is 9.90 Å². The Morgan fingerprint density at radius 1 is 1.42 bits per heavy atom. The average molecular weight is 292 g/mol. The van der Waals surface area contributed by atoms with Gasteiger partial charge in [-0.1, -0.05) is 48.2 Å². The van der Waals surface area contributed by atoms with Crippen molar-refractivity contribution in [3.63, 3.8) is 0 Å². The molecule has 0 aliphatic carbocycles. The van der Waals surface area contributed by atoms with Crippen molar-refractivity contribution in [2.45, 2.75) is 6.92 Å². The molecular formula is C13H10NO3S2-. The third kappa shape index (κ3) is 2.85. The normalized spacial score (nSPS) is 17.3. The number of amides is 1. The molecule has 0 saturated carbocycles. The van der Waals surface area contributed by atoms with E-state index in [-0.39, 0.29) is 11.5 Å². The predicted octanol–water partition coefficient (Wildman–Crippen LogP) is 1.27. The topological polar surface area (TPSA) is 60.4 Å². The molecule has 0 bridgehead atoms. The summed E-state index contributed by atoms with van der Waals surface area (Å²) < 4.78 is 0.546. The molecule has 0 atom stereocenters. The fourth-order valence-corrected chi connectivity index (χ4v) is 3.02. The van der Waals surface area contributed by atoms with E-state index in [0.29, 0.717) is 15.8 Å². The van der Waals surface area contributed by atoms with Crippen LogP contribution in [0.2, 0.25) is 0 Å². The van der Waals surface area contributed by atoms with Crippen LogP contribution in [0.15, 0.2) is 29.2 Å². The van der Waals surface area contributed by atoms with Crippen molar-refractivity contribution in [2.24, 2.45) is 0 Å². The van der Waals surface area contributed by atoms with Gasteiger partial charge in [0.1, 0.15) is 4.32 Å². The fraction of sp³-hybridized carbons (Fsp3) is 0.154. The number of aromatic carboxylic acids is 1. The van der Waals surface area contributed by atoms with Crippen LogP contribution in [0, 0.1) is 0 Å². The van der Waals surface area contributed by atoms with E-state index >= 15 is 0 Å². The van der Waals surface area contributed by atoms with Crippen molar-refractivity contribution in [2.75, 3.05) is 6.54 Å². The number of carbonyl (C=O) groups excluding carboxylic acids is 2. The number of likely N-dealkylation sites (N-methyl/N-ethyl adjacent to an activating group) is 1. The predicted molar refractivity (Wildman–Crippen MR) is 76.3 cm³/mol. The minimum Gasteiger partial charge on any atom is -0.545 e. The summed E-state index contributed by atoms with van der Waals surface area (Å²) in [5, 5.41) is 10.6. The van der Waals surface area contributed by atoms with Crippen LogP contribution in [0.3, 0.4) is 0 Å². The second kappa shape index (κ2) is 5.54. The molecule has 1 aromatic carbocycles. The minimum atomic E-state index is -1.22. The lowest BCUT2D eigenvalue weighted by atomic mass is 10.1. The van der Waals surface area contributed by atoms with Crippen LogP contribution >= 0.6 is 24.0 Å². The highest BCUT2D eigenvalue weighted by molar-refractivity contribution is 8.26. The largest absolute Gasteiger partial charge is 0.545 e. The number of rotatable bonds is 3. The van der Waals surface area contributed by atoms with Gasteiger partial charge in [-0.25, -0.2) is 0 Å². The number of hydrogen-bond acceptors (Lipinski definition) is 5. The van der Waals surface area contributed by atoms with Crippen LogP contribution in [0.5, 0.6) is 0 Å². The van der Waals surface area contributed by atoms with Crippen molar-refractivity contribution >= 4 is 46.3 Å². The number of hydrogen-bond donors (Lipinski definition) is 0. The zero-order valence-electron chi connectivity index (χ0n) is 10.1. The van der Waals surface area contributed by atoms with Gasteiger partial charge in [0.2, 0.25) is 0 Å². The lowest BCUT2D eigenvalue weighted by molar-refractivity contribution is -0.255. The van der Waals surface area contributed by atoms with Gasteiger partial charge in [0.05, 0.1) is 10.9 Å². The SMILES string of the molecule is CCN1C(=O)/C(=C/c2ccc(C(=O)[O-])cc2)SC1=S. The maximum Gasteiger partial charge on any atom is 0.266 e. The van der Waals surface area contributed by atoms with E-state index < -0.39 is 5.97 Å². The molecule has 2 rings (SSSR count). The highest BCUT2D eigenvalue weighted by atomic mass is 32.2. The summed E-state index contributed by atoms with van der Waals surface area (Å²) in [6.45, 7) is 2.41. The first kappa shape index (κ1) is 13.8. The highest BCUT2D eigenvalue weighted by Gasteiger charge is 2.30. The Labute approximate surface area is 120 Å². The van der Waals surface area contributed by atoms with Crippen LogP contribution in [0.25, 0.3) is 6.08 Å². The van der Waals surface area contributed by atoms with Crippen molar-refractivity contribution in [3.05, 3.63) is 40.3 Å². The zero-order chi connectivity index (χ0) is 14.0. The molecule has 98 valence electrons. The Hall–Kier alpha value is -1.66. The smallest absolute Gasteiger partial charge is 0.266 e. The number of nitrogens with zero attached hydrogens (tertiary/aromatic N) is 1. The monoisotopic (exact) mass is 292 g/mol. The Balaban J connectivity index is 2.25. The summed E-state index contributed by atoms with van der Waals surface area (Å²) >= 11 is 6.36. The molecule has 19 heavy (non-hydrogen) atoms. The number of carboxylic acids is 1. The van der Waals surface area contributed by atoms with Crippen molar-refractivity contribution < 1.29 is 14.7 Å². The standard InChI is InChI=1S/C13H11NO3S2/c1-2-14-11(15)10(19-13(14)18)7-8-3-5-9(6-4-8)12(16)17/h3-7H,2H2,1H3,(H,16,17)/p-1/b10-7-. The lowest BCUT2D eigenvalue weighted by Crippen LogP contribution is -2.27. The van der Waals surface area contributed by atoms with Crippen LogP contribution in [-0.4, -0.2) is 27.6 Å². The first-order valence-electron chi connectivity index (χ1n) is 5.59. The van der Waals surface area contributed by atoms with Gasteiger partial charge in [0, 0.05) is 6.54 Å². The summed E-state index contributed by atoms with van der Waals surface area (Å²) in [5.41, 5.74) is 0.861. The number of benzene rings is 1. The van der Waals surface area contributed by atoms with Gasteiger partial charge in [-0.2, -0.15) is 0 Å². The molecule has 0 radical (unpaired) electrons. The fourth-order valence-electron chi connectivity index (χ4n) is 1.64. The number of carboxylic acid groups (broad SMARTS) is 1. The Morgan fingerprint density at radius 2 is 2.05 bits per heavy atom. The molecular weight excluding hydrogens is 282 g/mol. The Bertz CT molecular complexity index is 578. The van der Waals surface area contributed by atoms with E-state index in [9.17, 15) is 14.7 Å². The third-order valence-corrected chi connectivity index (χ3v) is 4.01. The molecule has 1 aliphatic heterocycles. The summed E-state index contributed by atoms with van der Waals surface area (Å²) in [5.74, 6) is -1.33. The Kier molecular flexibility index (Phi) is 4.01. The van der Waals surface area contributed by atoms with Crippen molar-refractivity contribution in [3.8, 4) is 0 Å². The van der Waals surface area contributed by atoms with Gasteiger partial charge in [-0.3, -0.25) is 9.69 Å². The number of thioether (sulfide) groups is 1.